The summed E-state index contributed by atoms with van der Waals surface area (Å²) in [7, 11) is 0. The Kier molecular flexibility index (Phi) is 4.95. The van der Waals surface area contributed by atoms with Gasteiger partial charge in [0.05, 0.1) is 17.1 Å². The standard InChI is InChI=1S/C22H21N5O2/c1-14-7-6-8-15(2)21(14)29-13-19(28)26-22-23-11-10-17(25-22)20-16(3)24-18-9-4-5-12-27(18)20/h4-12H,13H2,1-3H3,(H,23,25,26,28). The van der Waals surface area contributed by atoms with Crippen molar-refractivity contribution >= 4 is 17.5 Å². The first-order chi connectivity index (χ1) is 14.0. The number of ether oxygens (including phenoxy) is 1. The SMILES string of the molecule is Cc1cccc(C)c1OCC(=O)Nc1nccc(-c2c(C)nc3ccccn23)n1. The Labute approximate surface area is 168 Å². The van der Waals surface area contributed by atoms with Crippen LogP contribution in [0.25, 0.3) is 17.0 Å². The predicted molar refractivity (Wildman–Crippen MR) is 111 cm³/mol. The molecule has 0 aliphatic heterocycles. The molecule has 3 aromatic heterocycles. The van der Waals surface area contributed by atoms with Gasteiger partial charge in [0, 0.05) is 12.4 Å². The van der Waals surface area contributed by atoms with Crippen LogP contribution in [-0.2, 0) is 4.79 Å². The lowest BCUT2D eigenvalue weighted by molar-refractivity contribution is -0.118. The van der Waals surface area contributed by atoms with Gasteiger partial charge in [-0.3, -0.25) is 14.5 Å². The number of amides is 1. The van der Waals surface area contributed by atoms with Crippen LogP contribution in [0.5, 0.6) is 5.75 Å². The molecule has 4 rings (SSSR count). The number of nitrogens with zero attached hydrogens (tertiary/aromatic N) is 4. The van der Waals surface area contributed by atoms with E-state index in [4.69, 9.17) is 4.74 Å². The molecule has 0 aliphatic rings. The van der Waals surface area contributed by atoms with Crippen LogP contribution in [0.1, 0.15) is 16.8 Å². The van der Waals surface area contributed by atoms with E-state index in [1.54, 1.807) is 12.3 Å². The van der Waals surface area contributed by atoms with E-state index >= 15 is 0 Å². The largest absolute Gasteiger partial charge is 0.483 e. The third-order valence-electron chi connectivity index (χ3n) is 4.61. The number of fused-ring (bicyclic) bond motifs is 1. The minimum Gasteiger partial charge on any atom is -0.483 e. The molecule has 0 saturated carbocycles. The summed E-state index contributed by atoms with van der Waals surface area (Å²) in [4.78, 5) is 25.6. The molecule has 146 valence electrons. The molecule has 0 saturated heterocycles. The van der Waals surface area contributed by atoms with E-state index in [1.807, 2.05) is 67.8 Å². The maximum atomic E-state index is 12.4. The highest BCUT2D eigenvalue weighted by atomic mass is 16.5. The highest BCUT2D eigenvalue weighted by Gasteiger charge is 2.14. The molecule has 1 amide bonds. The van der Waals surface area contributed by atoms with Gasteiger partial charge in [-0.25, -0.2) is 15.0 Å². The van der Waals surface area contributed by atoms with Crippen molar-refractivity contribution in [3.05, 3.63) is 71.7 Å². The molecule has 29 heavy (non-hydrogen) atoms. The zero-order valence-corrected chi connectivity index (χ0v) is 16.5. The van der Waals surface area contributed by atoms with Crippen LogP contribution >= 0.6 is 0 Å². The molecule has 4 aromatic rings. The van der Waals surface area contributed by atoms with Gasteiger partial charge in [-0.05, 0) is 50.1 Å². The van der Waals surface area contributed by atoms with E-state index in [1.165, 1.54) is 0 Å². The summed E-state index contributed by atoms with van der Waals surface area (Å²) in [6.45, 7) is 5.71. The highest BCUT2D eigenvalue weighted by Crippen LogP contribution is 2.24. The van der Waals surface area contributed by atoms with Crippen molar-refractivity contribution in [1.82, 2.24) is 19.4 Å². The fourth-order valence-corrected chi connectivity index (χ4v) is 3.30. The van der Waals surface area contributed by atoms with Crippen LogP contribution in [0.4, 0.5) is 5.95 Å². The van der Waals surface area contributed by atoms with E-state index in [-0.39, 0.29) is 18.5 Å². The van der Waals surface area contributed by atoms with Crippen molar-refractivity contribution in [1.29, 1.82) is 0 Å². The molecule has 7 heteroatoms. The molecule has 0 spiro atoms. The second kappa shape index (κ2) is 7.71. The summed E-state index contributed by atoms with van der Waals surface area (Å²) in [5.41, 5.74) is 5.21. The number of pyridine rings is 1. The van der Waals surface area contributed by atoms with Gasteiger partial charge in [-0.15, -0.1) is 0 Å². The zero-order chi connectivity index (χ0) is 20.4. The number of hydrogen-bond acceptors (Lipinski definition) is 5. The lowest BCUT2D eigenvalue weighted by Gasteiger charge is -2.11. The molecule has 0 radical (unpaired) electrons. The van der Waals surface area contributed by atoms with Crippen LogP contribution in [0, 0.1) is 20.8 Å². The van der Waals surface area contributed by atoms with Gasteiger partial charge in [0.15, 0.2) is 6.61 Å². The number of hydrogen-bond donors (Lipinski definition) is 1. The first-order valence-electron chi connectivity index (χ1n) is 9.29. The highest BCUT2D eigenvalue weighted by molar-refractivity contribution is 5.90. The fourth-order valence-electron chi connectivity index (χ4n) is 3.30. The molecule has 1 N–H and O–H groups in total. The van der Waals surface area contributed by atoms with Gasteiger partial charge in [0.25, 0.3) is 5.91 Å². The molecular weight excluding hydrogens is 366 g/mol. The van der Waals surface area contributed by atoms with Gasteiger partial charge in [0.2, 0.25) is 5.95 Å². The molecule has 0 atom stereocenters. The predicted octanol–water partition coefficient (Wildman–Crippen LogP) is 3.73. The first-order valence-corrected chi connectivity index (χ1v) is 9.29. The van der Waals surface area contributed by atoms with Gasteiger partial charge < -0.3 is 4.74 Å². The van der Waals surface area contributed by atoms with E-state index in [2.05, 4.69) is 20.3 Å². The van der Waals surface area contributed by atoms with Crippen LogP contribution < -0.4 is 10.1 Å². The number of nitrogens with one attached hydrogen (secondary N) is 1. The van der Waals surface area contributed by atoms with E-state index in [0.29, 0.717) is 5.69 Å². The van der Waals surface area contributed by atoms with Crippen molar-refractivity contribution in [3.8, 4) is 17.1 Å². The Bertz CT molecular complexity index is 1180. The Morgan fingerprint density at radius 3 is 2.62 bits per heavy atom. The number of anilines is 1. The summed E-state index contributed by atoms with van der Waals surface area (Å²) in [5, 5.41) is 2.71. The lowest BCUT2D eigenvalue weighted by atomic mass is 10.1. The van der Waals surface area contributed by atoms with Gasteiger partial charge in [-0.2, -0.15) is 0 Å². The van der Waals surface area contributed by atoms with E-state index in [9.17, 15) is 4.79 Å². The number of benzene rings is 1. The van der Waals surface area contributed by atoms with Gasteiger partial charge in [0.1, 0.15) is 11.4 Å². The maximum absolute atomic E-state index is 12.4. The quantitative estimate of drug-likeness (QED) is 0.564. The summed E-state index contributed by atoms with van der Waals surface area (Å²) in [6, 6.07) is 13.5. The molecule has 0 aliphatic carbocycles. The zero-order valence-electron chi connectivity index (χ0n) is 16.5. The third-order valence-corrected chi connectivity index (χ3v) is 4.61. The first kappa shape index (κ1) is 18.6. The third kappa shape index (κ3) is 3.80. The Morgan fingerprint density at radius 1 is 1.03 bits per heavy atom. The van der Waals surface area contributed by atoms with Crippen LogP contribution in [0.15, 0.2) is 54.9 Å². The molecule has 7 nitrogen and oxygen atoms in total. The summed E-state index contributed by atoms with van der Waals surface area (Å²) >= 11 is 0. The van der Waals surface area contributed by atoms with Crippen molar-refractivity contribution < 1.29 is 9.53 Å². The van der Waals surface area contributed by atoms with Crippen LogP contribution in [0.3, 0.4) is 0 Å². The number of rotatable bonds is 5. The minimum absolute atomic E-state index is 0.117. The number of aromatic nitrogens is 4. The van der Waals surface area contributed by atoms with Gasteiger partial charge >= 0.3 is 0 Å². The van der Waals surface area contributed by atoms with E-state index in [0.717, 1.165) is 33.9 Å². The second-order valence-electron chi connectivity index (χ2n) is 6.80. The second-order valence-corrected chi connectivity index (χ2v) is 6.80. The average Bonchev–Trinajstić information content (AvgIpc) is 3.03. The summed E-state index contributed by atoms with van der Waals surface area (Å²) in [6.07, 6.45) is 3.55. The number of aryl methyl sites for hydroxylation is 3. The number of para-hydroxylation sites is 1. The number of carbonyl (C=O) groups is 1. The Balaban J connectivity index is 1.52. The van der Waals surface area contributed by atoms with Crippen molar-refractivity contribution in [2.24, 2.45) is 0 Å². The monoisotopic (exact) mass is 387 g/mol. The van der Waals surface area contributed by atoms with E-state index < -0.39 is 0 Å². The summed E-state index contributed by atoms with van der Waals surface area (Å²) < 4.78 is 7.66. The number of carbonyl (C=O) groups excluding carboxylic acids is 1. The van der Waals surface area contributed by atoms with Crippen molar-refractivity contribution in [3.63, 3.8) is 0 Å². The molecule has 1 aromatic carbocycles. The van der Waals surface area contributed by atoms with Crippen LogP contribution in [0.2, 0.25) is 0 Å². The fraction of sp³-hybridized carbons (Fsp3) is 0.182. The minimum atomic E-state index is -0.320. The Hall–Kier alpha value is -3.74. The van der Waals surface area contributed by atoms with Gasteiger partial charge in [-0.1, -0.05) is 24.3 Å². The molecular formula is C22H21N5O2. The molecule has 3 heterocycles. The molecule has 0 unspecified atom stereocenters. The number of imidazole rings is 1. The Morgan fingerprint density at radius 2 is 1.83 bits per heavy atom. The average molecular weight is 387 g/mol. The van der Waals surface area contributed by atoms with Crippen molar-refractivity contribution in [2.45, 2.75) is 20.8 Å². The van der Waals surface area contributed by atoms with Crippen molar-refractivity contribution in [2.75, 3.05) is 11.9 Å². The molecule has 0 bridgehead atoms. The smallest absolute Gasteiger partial charge is 0.264 e. The topological polar surface area (TPSA) is 81.4 Å². The summed E-state index contributed by atoms with van der Waals surface area (Å²) in [5.74, 6) is 0.626. The normalized spacial score (nSPS) is 10.9. The lowest BCUT2D eigenvalue weighted by Crippen LogP contribution is -2.22. The van der Waals surface area contributed by atoms with Crippen LogP contribution in [-0.4, -0.2) is 31.9 Å². The maximum Gasteiger partial charge on any atom is 0.264 e. The molecule has 0 fully saturated rings.